The van der Waals surface area contributed by atoms with Gasteiger partial charge in [0.05, 0.1) is 19.6 Å². The Hall–Kier alpha value is -1.16. The van der Waals surface area contributed by atoms with E-state index < -0.39 is 0 Å². The van der Waals surface area contributed by atoms with Crippen LogP contribution in [0.25, 0.3) is 0 Å². The molecule has 1 aliphatic heterocycles. The summed E-state index contributed by atoms with van der Waals surface area (Å²) in [6, 6.07) is 0. The number of aliphatic imine (C=N–C) groups is 1. The van der Waals surface area contributed by atoms with Gasteiger partial charge < -0.3 is 5.32 Å². The predicted molar refractivity (Wildman–Crippen MR) is 117 cm³/mol. The minimum absolute atomic E-state index is 0.0682. The van der Waals surface area contributed by atoms with E-state index in [1.165, 1.54) is 76.5 Å². The van der Waals surface area contributed by atoms with Crippen LogP contribution in [0.3, 0.4) is 0 Å². The average Bonchev–Trinajstić information content (AvgIpc) is 3.05. The third kappa shape index (κ3) is 10.1. The van der Waals surface area contributed by atoms with Gasteiger partial charge in [0.25, 0.3) is 0 Å². The van der Waals surface area contributed by atoms with Crippen molar-refractivity contribution in [2.45, 2.75) is 90.9 Å². The summed E-state index contributed by atoms with van der Waals surface area (Å²) in [6.07, 6.45) is 18.0. The number of unbranched alkanes of at least 4 members (excludes halogenated alkanes) is 10. The largest absolute Gasteiger partial charge is 0.351 e. The highest BCUT2D eigenvalue weighted by atomic mass is 16.1. The van der Waals surface area contributed by atoms with E-state index in [0.29, 0.717) is 0 Å². The van der Waals surface area contributed by atoms with Gasteiger partial charge in [0.15, 0.2) is 5.84 Å². The van der Waals surface area contributed by atoms with Crippen molar-refractivity contribution in [1.29, 1.82) is 0 Å². The number of likely N-dealkylation sites (N-methyl/N-ethyl adjacent to an activating group) is 1. The number of hydrogen-bond donors (Lipinski definition) is 1. The molecule has 1 N–H and O–H groups in total. The summed E-state index contributed by atoms with van der Waals surface area (Å²) < 4.78 is 0.992. The lowest BCUT2D eigenvalue weighted by atomic mass is 10.0. The number of hydrogen-bond acceptors (Lipinski definition) is 2. The molecule has 0 bridgehead atoms. The van der Waals surface area contributed by atoms with E-state index in [4.69, 9.17) is 4.99 Å². The lowest BCUT2D eigenvalue weighted by Gasteiger charge is -2.33. The molecule has 1 aliphatic rings. The van der Waals surface area contributed by atoms with Crippen molar-refractivity contribution in [2.75, 3.05) is 32.7 Å². The van der Waals surface area contributed by atoms with E-state index in [1.807, 2.05) is 6.08 Å². The molecule has 4 heteroatoms. The van der Waals surface area contributed by atoms with Gasteiger partial charge >= 0.3 is 0 Å². The summed E-state index contributed by atoms with van der Waals surface area (Å²) in [7, 11) is 0. The second-order valence-electron chi connectivity index (χ2n) is 8.05. The molecule has 1 amide bonds. The van der Waals surface area contributed by atoms with Crippen molar-refractivity contribution in [2.24, 2.45) is 4.99 Å². The first-order chi connectivity index (χ1) is 13.1. The van der Waals surface area contributed by atoms with Crippen molar-refractivity contribution >= 4 is 11.7 Å². The van der Waals surface area contributed by atoms with Crippen molar-refractivity contribution in [3.63, 3.8) is 0 Å². The van der Waals surface area contributed by atoms with Crippen molar-refractivity contribution in [3.05, 3.63) is 12.7 Å². The molecular formula is C23H44N3O+. The number of rotatable bonds is 17. The fourth-order valence-corrected chi connectivity index (χ4v) is 4.14. The van der Waals surface area contributed by atoms with Gasteiger partial charge in [-0.25, -0.2) is 4.99 Å². The highest BCUT2D eigenvalue weighted by Gasteiger charge is 2.35. The molecule has 1 rings (SSSR count). The minimum atomic E-state index is 0.0682. The maximum atomic E-state index is 11.1. The monoisotopic (exact) mass is 378 g/mol. The molecule has 0 saturated carbocycles. The minimum Gasteiger partial charge on any atom is -0.351 e. The highest BCUT2D eigenvalue weighted by Crippen LogP contribution is 2.20. The van der Waals surface area contributed by atoms with Crippen molar-refractivity contribution in [3.8, 4) is 0 Å². The molecule has 0 aromatic carbocycles. The van der Waals surface area contributed by atoms with E-state index in [9.17, 15) is 4.79 Å². The Bertz CT molecular complexity index is 447. The Labute approximate surface area is 168 Å². The van der Waals surface area contributed by atoms with Gasteiger partial charge in [0.2, 0.25) is 5.91 Å². The zero-order valence-electron chi connectivity index (χ0n) is 18.1. The molecule has 1 atom stereocenters. The van der Waals surface area contributed by atoms with E-state index in [-0.39, 0.29) is 5.91 Å². The lowest BCUT2D eigenvalue weighted by molar-refractivity contribution is -0.833. The molecule has 0 fully saturated rings. The van der Waals surface area contributed by atoms with E-state index in [2.05, 4.69) is 18.8 Å². The molecule has 0 aliphatic carbocycles. The number of quaternary nitrogens is 1. The number of carbonyl (C=O) groups excluding carboxylic acids is 1. The topological polar surface area (TPSA) is 41.5 Å². The summed E-state index contributed by atoms with van der Waals surface area (Å²) in [4.78, 5) is 16.0. The molecule has 4 nitrogen and oxygen atoms in total. The summed E-state index contributed by atoms with van der Waals surface area (Å²) in [6.45, 7) is 12.5. The van der Waals surface area contributed by atoms with Gasteiger partial charge in [-0.1, -0.05) is 57.4 Å². The normalized spacial score (nSPS) is 19.1. The van der Waals surface area contributed by atoms with Crippen LogP contribution in [-0.4, -0.2) is 48.9 Å². The second-order valence-corrected chi connectivity index (χ2v) is 8.05. The number of allylic oxidation sites excluding steroid dienone is 1. The van der Waals surface area contributed by atoms with Gasteiger partial charge in [-0.05, 0) is 26.2 Å². The average molecular weight is 379 g/mol. The quantitative estimate of drug-likeness (QED) is 0.210. The van der Waals surface area contributed by atoms with E-state index >= 15 is 0 Å². The van der Waals surface area contributed by atoms with Crippen molar-refractivity contribution < 1.29 is 9.28 Å². The van der Waals surface area contributed by atoms with E-state index in [1.54, 1.807) is 6.92 Å². The Morgan fingerprint density at radius 3 is 2.22 bits per heavy atom. The Kier molecular flexibility index (Phi) is 13.1. The third-order valence-corrected chi connectivity index (χ3v) is 5.95. The molecule has 1 heterocycles. The van der Waals surface area contributed by atoms with Crippen LogP contribution in [0.15, 0.2) is 17.6 Å². The predicted octanol–water partition coefficient (Wildman–Crippen LogP) is 5.24. The Morgan fingerprint density at radius 1 is 1.07 bits per heavy atom. The summed E-state index contributed by atoms with van der Waals surface area (Å²) in [5.74, 6) is 1.45. The van der Waals surface area contributed by atoms with Crippen LogP contribution in [0.1, 0.15) is 90.9 Å². The molecule has 1 unspecified atom stereocenters. The Balaban J connectivity index is 2.07. The van der Waals surface area contributed by atoms with Crippen LogP contribution in [0.4, 0.5) is 0 Å². The first kappa shape index (κ1) is 23.9. The zero-order valence-corrected chi connectivity index (χ0v) is 18.1. The smallest absolute Gasteiger partial charge is 0.217 e. The molecule has 0 saturated heterocycles. The molecule has 156 valence electrons. The maximum Gasteiger partial charge on any atom is 0.217 e. The zero-order chi connectivity index (χ0) is 19.8. The number of nitrogens with zero attached hydrogens (tertiary/aromatic N) is 2. The summed E-state index contributed by atoms with van der Waals surface area (Å²) in [5.41, 5.74) is 0. The van der Waals surface area contributed by atoms with Crippen LogP contribution in [0, 0.1) is 0 Å². The lowest BCUT2D eigenvalue weighted by Crippen LogP contribution is -2.54. The second kappa shape index (κ2) is 14.8. The molecule has 0 radical (unpaired) electrons. The number of amides is 1. The number of amidine groups is 1. The van der Waals surface area contributed by atoms with Crippen LogP contribution >= 0.6 is 0 Å². The van der Waals surface area contributed by atoms with Gasteiger partial charge in [0.1, 0.15) is 13.1 Å². The fourth-order valence-electron chi connectivity index (χ4n) is 4.14. The van der Waals surface area contributed by atoms with E-state index in [0.717, 1.165) is 43.6 Å². The number of nitrogens with one attached hydrogen (secondary N) is 1. The van der Waals surface area contributed by atoms with Gasteiger partial charge in [-0.2, -0.15) is 0 Å². The first-order valence-corrected chi connectivity index (χ1v) is 11.4. The van der Waals surface area contributed by atoms with Crippen LogP contribution in [-0.2, 0) is 4.79 Å². The van der Waals surface area contributed by atoms with Crippen LogP contribution < -0.4 is 5.32 Å². The molecule has 0 spiro atoms. The third-order valence-electron chi connectivity index (χ3n) is 5.95. The highest BCUT2D eigenvalue weighted by molar-refractivity contribution is 5.77. The molecule has 0 aromatic rings. The van der Waals surface area contributed by atoms with Crippen molar-refractivity contribution in [1.82, 2.24) is 5.32 Å². The number of carbonyl (C=O) groups is 1. The maximum absolute atomic E-state index is 11.1. The Morgan fingerprint density at radius 2 is 1.67 bits per heavy atom. The van der Waals surface area contributed by atoms with Crippen LogP contribution in [0.5, 0.6) is 0 Å². The summed E-state index contributed by atoms with van der Waals surface area (Å²) >= 11 is 0. The standard InChI is InChI=1S/C23H43N3O/c1-4-6-7-8-9-10-11-12-13-14-15-16-17-23-25-19-21-26(23,5-2)20-18-24-22(3)27/h4H,1,5-21H2,2-3H3/p+1. The first-order valence-electron chi connectivity index (χ1n) is 11.4. The van der Waals surface area contributed by atoms with Gasteiger partial charge in [-0.15, -0.1) is 6.58 Å². The fraction of sp³-hybridized carbons (Fsp3) is 0.826. The van der Waals surface area contributed by atoms with Gasteiger partial charge in [-0.3, -0.25) is 9.28 Å². The van der Waals surface area contributed by atoms with Crippen LogP contribution in [0.2, 0.25) is 0 Å². The molecular weight excluding hydrogens is 334 g/mol. The summed E-state index contributed by atoms with van der Waals surface area (Å²) in [5, 5.41) is 2.95. The molecule has 0 aromatic heterocycles. The van der Waals surface area contributed by atoms with Gasteiger partial charge in [0, 0.05) is 13.3 Å². The SMILES string of the molecule is C=CCCCCCCCCCCCCC1=NCC[N+]1(CC)CCNC(C)=O. The molecule has 27 heavy (non-hydrogen) atoms.